The number of carboxylic acid groups (broad SMARTS) is 1. The standard InChI is InChI=1S/C17H21NO7/c19-15(20)6-7-16(21)25-17(22,13-4-2-1-3-5-13)12-23-11-14-10-18-8-9-24-14/h1-7,14,18,22H,8-12H2,(H,19,20)/p-1/b7-6-. The molecule has 2 rings (SSSR count). The molecular weight excluding hydrogens is 330 g/mol. The Morgan fingerprint density at radius 1 is 1.36 bits per heavy atom. The molecule has 1 aliphatic heterocycles. The van der Waals surface area contributed by atoms with E-state index in [1.165, 1.54) is 0 Å². The van der Waals surface area contributed by atoms with E-state index in [1.807, 2.05) is 0 Å². The van der Waals surface area contributed by atoms with Crippen LogP contribution in [0.25, 0.3) is 0 Å². The SMILES string of the molecule is O=C([O-])/C=C\C(=O)OC(O)(COCC1CNCCO1)c1ccccc1. The minimum absolute atomic E-state index is 0.164. The lowest BCUT2D eigenvalue weighted by Gasteiger charge is -2.29. The van der Waals surface area contributed by atoms with Crippen LogP contribution in [0.3, 0.4) is 0 Å². The van der Waals surface area contributed by atoms with Crippen LogP contribution in [0.5, 0.6) is 0 Å². The second-order valence-corrected chi connectivity index (χ2v) is 5.44. The van der Waals surface area contributed by atoms with Gasteiger partial charge in [-0.1, -0.05) is 30.3 Å². The summed E-state index contributed by atoms with van der Waals surface area (Å²) in [6, 6.07) is 8.21. The van der Waals surface area contributed by atoms with Crippen molar-refractivity contribution in [3.63, 3.8) is 0 Å². The van der Waals surface area contributed by atoms with Crippen molar-refractivity contribution in [1.29, 1.82) is 0 Å². The summed E-state index contributed by atoms with van der Waals surface area (Å²) in [6.07, 6.45) is 1.02. The van der Waals surface area contributed by atoms with Gasteiger partial charge in [0.1, 0.15) is 6.61 Å². The van der Waals surface area contributed by atoms with Gasteiger partial charge in [-0.2, -0.15) is 0 Å². The van der Waals surface area contributed by atoms with Crippen LogP contribution in [0.4, 0.5) is 0 Å². The van der Waals surface area contributed by atoms with Gasteiger partial charge < -0.3 is 34.5 Å². The Kier molecular flexibility index (Phi) is 7.08. The Labute approximate surface area is 145 Å². The number of aliphatic hydroxyl groups is 1. The van der Waals surface area contributed by atoms with Gasteiger partial charge in [0, 0.05) is 24.7 Å². The number of hydrogen-bond donors (Lipinski definition) is 2. The van der Waals surface area contributed by atoms with E-state index in [1.54, 1.807) is 30.3 Å². The van der Waals surface area contributed by atoms with Crippen LogP contribution in [0, 0.1) is 0 Å². The minimum Gasteiger partial charge on any atom is -0.545 e. The monoisotopic (exact) mass is 350 g/mol. The number of hydrogen-bond acceptors (Lipinski definition) is 8. The van der Waals surface area contributed by atoms with Gasteiger partial charge in [-0.15, -0.1) is 0 Å². The smallest absolute Gasteiger partial charge is 0.333 e. The lowest BCUT2D eigenvalue weighted by atomic mass is 10.1. The molecule has 1 saturated heterocycles. The van der Waals surface area contributed by atoms with E-state index in [0.717, 1.165) is 6.54 Å². The van der Waals surface area contributed by atoms with Crippen molar-refractivity contribution in [2.24, 2.45) is 0 Å². The van der Waals surface area contributed by atoms with E-state index in [4.69, 9.17) is 14.2 Å². The van der Waals surface area contributed by atoms with E-state index in [9.17, 15) is 19.8 Å². The van der Waals surface area contributed by atoms with E-state index in [2.05, 4.69) is 5.32 Å². The first-order valence-electron chi connectivity index (χ1n) is 7.79. The number of esters is 1. The maximum atomic E-state index is 11.8. The van der Waals surface area contributed by atoms with Gasteiger partial charge in [0.05, 0.1) is 25.3 Å². The van der Waals surface area contributed by atoms with Crippen LogP contribution >= 0.6 is 0 Å². The molecule has 0 aliphatic carbocycles. The molecule has 2 atom stereocenters. The number of benzene rings is 1. The molecule has 0 spiro atoms. The van der Waals surface area contributed by atoms with Gasteiger partial charge in [0.15, 0.2) is 0 Å². The van der Waals surface area contributed by atoms with Gasteiger partial charge >= 0.3 is 5.97 Å². The van der Waals surface area contributed by atoms with Crippen molar-refractivity contribution < 1.29 is 34.0 Å². The van der Waals surface area contributed by atoms with E-state index in [0.29, 0.717) is 30.9 Å². The first-order valence-corrected chi connectivity index (χ1v) is 7.79. The van der Waals surface area contributed by atoms with Crippen molar-refractivity contribution in [3.8, 4) is 0 Å². The molecule has 1 aromatic rings. The number of aliphatic carboxylic acids is 1. The lowest BCUT2D eigenvalue weighted by molar-refractivity contribution is -0.297. The minimum atomic E-state index is -2.06. The highest BCUT2D eigenvalue weighted by Crippen LogP contribution is 2.24. The third kappa shape index (κ3) is 6.28. The zero-order valence-corrected chi connectivity index (χ0v) is 13.6. The maximum Gasteiger partial charge on any atom is 0.333 e. The van der Waals surface area contributed by atoms with Crippen molar-refractivity contribution in [3.05, 3.63) is 48.0 Å². The molecule has 8 heteroatoms. The van der Waals surface area contributed by atoms with Gasteiger partial charge in [0.2, 0.25) is 0 Å². The number of rotatable bonds is 8. The molecule has 1 heterocycles. The van der Waals surface area contributed by atoms with Crippen LogP contribution in [-0.2, 0) is 29.6 Å². The lowest BCUT2D eigenvalue weighted by Crippen LogP contribution is -2.43. The first-order chi connectivity index (χ1) is 12.0. The molecule has 0 aromatic heterocycles. The summed E-state index contributed by atoms with van der Waals surface area (Å²) in [7, 11) is 0. The predicted molar refractivity (Wildman–Crippen MR) is 84.0 cm³/mol. The zero-order chi connectivity index (χ0) is 18.1. The van der Waals surface area contributed by atoms with Crippen molar-refractivity contribution in [1.82, 2.24) is 5.32 Å². The summed E-state index contributed by atoms with van der Waals surface area (Å²) < 4.78 is 16.0. The number of ether oxygens (including phenoxy) is 3. The van der Waals surface area contributed by atoms with Crippen LogP contribution in [0.15, 0.2) is 42.5 Å². The van der Waals surface area contributed by atoms with Crippen LogP contribution in [0.2, 0.25) is 0 Å². The molecule has 0 amide bonds. The molecule has 136 valence electrons. The Morgan fingerprint density at radius 2 is 2.12 bits per heavy atom. The highest BCUT2D eigenvalue weighted by atomic mass is 16.7. The molecule has 25 heavy (non-hydrogen) atoms. The van der Waals surface area contributed by atoms with Crippen LogP contribution in [0.1, 0.15) is 5.56 Å². The molecule has 0 radical (unpaired) electrons. The second-order valence-electron chi connectivity index (χ2n) is 5.44. The fourth-order valence-corrected chi connectivity index (χ4v) is 2.26. The summed E-state index contributed by atoms with van der Waals surface area (Å²) in [5.41, 5.74) is 0.299. The molecule has 0 bridgehead atoms. The van der Waals surface area contributed by atoms with Crippen LogP contribution < -0.4 is 10.4 Å². The Bertz CT molecular complexity index is 598. The second kappa shape index (κ2) is 9.28. The predicted octanol–water partition coefficient (Wildman–Crippen LogP) is -1.31. The molecular formula is C17H20NO7-. The normalized spacial score (nSPS) is 20.1. The van der Waals surface area contributed by atoms with Gasteiger partial charge in [0.25, 0.3) is 5.79 Å². The molecule has 1 aliphatic rings. The molecule has 8 nitrogen and oxygen atoms in total. The average Bonchev–Trinajstić information content (AvgIpc) is 2.61. The largest absolute Gasteiger partial charge is 0.545 e. The summed E-state index contributed by atoms with van der Waals surface area (Å²) >= 11 is 0. The van der Waals surface area contributed by atoms with Gasteiger partial charge in [-0.3, -0.25) is 0 Å². The highest BCUT2D eigenvalue weighted by Gasteiger charge is 2.34. The Balaban J connectivity index is 2.01. The summed E-state index contributed by atoms with van der Waals surface area (Å²) in [5, 5.41) is 24.3. The fraction of sp³-hybridized carbons (Fsp3) is 0.412. The highest BCUT2D eigenvalue weighted by molar-refractivity contribution is 5.90. The van der Waals surface area contributed by atoms with Gasteiger partial charge in [-0.05, 0) is 6.08 Å². The van der Waals surface area contributed by atoms with E-state index >= 15 is 0 Å². The van der Waals surface area contributed by atoms with Crippen molar-refractivity contribution >= 4 is 11.9 Å². The number of carbonyl (C=O) groups excluding carboxylic acids is 2. The summed E-state index contributed by atoms with van der Waals surface area (Å²) in [6.45, 7) is 1.83. The first kappa shape index (κ1) is 19.1. The third-order valence-corrected chi connectivity index (χ3v) is 3.46. The molecule has 1 fully saturated rings. The quantitative estimate of drug-likeness (QED) is 0.337. The van der Waals surface area contributed by atoms with Gasteiger partial charge in [-0.25, -0.2) is 4.79 Å². The third-order valence-electron chi connectivity index (χ3n) is 3.46. The zero-order valence-electron chi connectivity index (χ0n) is 13.6. The van der Waals surface area contributed by atoms with Crippen molar-refractivity contribution in [2.75, 3.05) is 32.9 Å². The van der Waals surface area contributed by atoms with E-state index < -0.39 is 17.7 Å². The number of nitrogens with one attached hydrogen (secondary N) is 1. The van der Waals surface area contributed by atoms with Crippen molar-refractivity contribution in [2.45, 2.75) is 11.9 Å². The molecule has 2 N–H and O–H groups in total. The number of morpholine rings is 1. The molecule has 0 saturated carbocycles. The average molecular weight is 350 g/mol. The topological polar surface area (TPSA) is 117 Å². The Hall–Kier alpha value is -2.26. The van der Waals surface area contributed by atoms with E-state index in [-0.39, 0.29) is 19.3 Å². The Morgan fingerprint density at radius 3 is 2.76 bits per heavy atom. The fourth-order valence-electron chi connectivity index (χ4n) is 2.26. The number of carbonyl (C=O) groups is 2. The summed E-state index contributed by atoms with van der Waals surface area (Å²) in [5.74, 6) is -4.63. The molecule has 2 unspecified atom stereocenters. The van der Waals surface area contributed by atoms with Crippen LogP contribution in [-0.4, -0.2) is 56.1 Å². The maximum absolute atomic E-state index is 11.8. The summed E-state index contributed by atoms with van der Waals surface area (Å²) in [4.78, 5) is 22.1. The number of carboxylic acids is 1. The molecule has 1 aromatic carbocycles.